The van der Waals surface area contributed by atoms with E-state index in [1.54, 1.807) is 31.4 Å². The molecule has 7 nitrogen and oxygen atoms in total. The monoisotopic (exact) mass is 578 g/mol. The predicted octanol–water partition coefficient (Wildman–Crippen LogP) is 6.72. The SMILES string of the molecule is CCN1/C(=C\C=N)C(C)(Cc2ccccc2)c2cc(OC)ccc21.COOSc1ccc(C(=N)O)cc1.[Co]. The van der Waals surface area contributed by atoms with E-state index >= 15 is 0 Å². The van der Waals surface area contributed by atoms with Crippen molar-refractivity contribution in [3.8, 4) is 5.75 Å². The summed E-state index contributed by atoms with van der Waals surface area (Å²) < 4.78 is 10.1. The Morgan fingerprint density at radius 3 is 2.29 bits per heavy atom. The number of anilines is 1. The van der Waals surface area contributed by atoms with Crippen LogP contribution in [0.2, 0.25) is 0 Å². The first-order valence-corrected chi connectivity index (χ1v) is 12.6. The average Bonchev–Trinajstić information content (AvgIpc) is 3.15. The second-order valence-corrected chi connectivity index (χ2v) is 9.31. The number of allylic oxidation sites excluding steroid dienone is 2. The Labute approximate surface area is 239 Å². The number of nitrogens with zero attached hydrogens (tertiary/aromatic N) is 1. The van der Waals surface area contributed by atoms with Crippen LogP contribution < -0.4 is 9.64 Å². The zero-order valence-electron chi connectivity index (χ0n) is 21.9. The molecule has 203 valence electrons. The third-order valence-electron chi connectivity index (χ3n) is 6.23. The molecule has 3 aromatic carbocycles. The molecule has 4 rings (SSSR count). The number of hydrogen-bond acceptors (Lipinski definition) is 7. The molecule has 1 heterocycles. The van der Waals surface area contributed by atoms with Crippen molar-refractivity contribution < 1.29 is 35.8 Å². The summed E-state index contributed by atoms with van der Waals surface area (Å²) in [7, 11) is 3.13. The Morgan fingerprint density at radius 2 is 1.74 bits per heavy atom. The van der Waals surface area contributed by atoms with Crippen LogP contribution in [0.25, 0.3) is 0 Å². The number of likely N-dealkylation sites (N-methyl/N-ethyl adjacent to an activating group) is 1. The van der Waals surface area contributed by atoms with Gasteiger partial charge in [0.15, 0.2) is 0 Å². The van der Waals surface area contributed by atoms with Gasteiger partial charge in [0.05, 0.1) is 26.3 Å². The number of nitrogens with one attached hydrogen (secondary N) is 2. The molecule has 1 atom stereocenters. The van der Waals surface area contributed by atoms with Crippen molar-refractivity contribution >= 4 is 29.8 Å². The zero-order valence-corrected chi connectivity index (χ0v) is 23.7. The third-order valence-corrected chi connectivity index (χ3v) is 6.90. The van der Waals surface area contributed by atoms with E-state index in [0.29, 0.717) is 5.56 Å². The van der Waals surface area contributed by atoms with Crippen molar-refractivity contribution in [3.05, 3.63) is 101 Å². The number of rotatable bonds is 9. The molecule has 0 aliphatic carbocycles. The van der Waals surface area contributed by atoms with E-state index in [9.17, 15) is 0 Å². The Balaban J connectivity index is 0.000000309. The van der Waals surface area contributed by atoms with Gasteiger partial charge in [-0.25, -0.2) is 4.89 Å². The quantitative estimate of drug-likeness (QED) is 0.0857. The summed E-state index contributed by atoms with van der Waals surface area (Å²) in [6.07, 6.45) is 4.22. The van der Waals surface area contributed by atoms with Crippen molar-refractivity contribution in [2.45, 2.75) is 30.6 Å². The average molecular weight is 579 g/mol. The topological polar surface area (TPSA) is 98.9 Å². The Bertz CT molecular complexity index is 1240. The summed E-state index contributed by atoms with van der Waals surface area (Å²) >= 11 is 1.07. The number of hydrogen-bond donors (Lipinski definition) is 3. The van der Waals surface area contributed by atoms with Gasteiger partial charge in [-0.3, -0.25) is 5.41 Å². The van der Waals surface area contributed by atoms with Crippen LogP contribution in [-0.2, 0) is 37.8 Å². The van der Waals surface area contributed by atoms with Crippen LogP contribution in [0.1, 0.15) is 30.5 Å². The molecule has 0 aromatic heterocycles. The van der Waals surface area contributed by atoms with Crippen molar-refractivity contribution in [3.63, 3.8) is 0 Å². The van der Waals surface area contributed by atoms with E-state index in [-0.39, 0.29) is 22.2 Å². The van der Waals surface area contributed by atoms with Crippen molar-refractivity contribution in [2.75, 3.05) is 25.7 Å². The molecule has 38 heavy (non-hydrogen) atoms. The van der Waals surface area contributed by atoms with Crippen LogP contribution in [0.15, 0.2) is 89.5 Å². The molecule has 0 spiro atoms. The second-order valence-electron chi connectivity index (χ2n) is 8.53. The molecular weight excluding hydrogens is 545 g/mol. The smallest absolute Gasteiger partial charge is 0.210 e. The molecule has 1 aliphatic rings. The molecule has 0 amide bonds. The maximum atomic E-state index is 8.81. The first kappa shape index (κ1) is 31.1. The van der Waals surface area contributed by atoms with Gasteiger partial charge in [0.2, 0.25) is 5.90 Å². The summed E-state index contributed by atoms with van der Waals surface area (Å²) in [5.74, 6) is 0.435. The molecule has 0 saturated heterocycles. The van der Waals surface area contributed by atoms with E-state index in [4.69, 9.17) is 20.7 Å². The summed E-state index contributed by atoms with van der Waals surface area (Å²) in [5.41, 5.74) is 5.24. The van der Waals surface area contributed by atoms with Gasteiger partial charge in [0.25, 0.3) is 0 Å². The fraction of sp³-hybridized carbons (Fsp3) is 0.241. The van der Waals surface area contributed by atoms with E-state index in [2.05, 4.69) is 64.4 Å². The van der Waals surface area contributed by atoms with Gasteiger partial charge in [0, 0.05) is 56.8 Å². The molecule has 0 saturated carbocycles. The minimum absolute atomic E-state index is 0. The van der Waals surface area contributed by atoms with Crippen LogP contribution in [0.3, 0.4) is 0 Å². The minimum atomic E-state index is -0.441. The standard InChI is InChI=1S/C21H24N2O.C8H9NO3S.Co/c1-4-23-19-11-10-17(24-3)14-18(19)21(2,20(23)12-13-22)15-16-8-6-5-7-9-16;1-11-12-13-7-4-2-6(3-5-7)8(9)10;/h5-14,22H,4,15H2,1-3H3;2-5H,1H3,(H2,9,10);/b20-12-,22-13?;;. The third kappa shape index (κ3) is 7.27. The van der Waals surface area contributed by atoms with E-state index in [1.807, 2.05) is 18.2 Å². The van der Waals surface area contributed by atoms with Crippen LogP contribution in [0, 0.1) is 10.8 Å². The summed E-state index contributed by atoms with van der Waals surface area (Å²) in [6, 6.07) is 23.5. The molecular formula is C29H33CoN3O4S. The van der Waals surface area contributed by atoms with E-state index in [1.165, 1.54) is 35.8 Å². The first-order chi connectivity index (χ1) is 17.9. The summed E-state index contributed by atoms with van der Waals surface area (Å²) in [6.45, 7) is 5.30. The molecule has 9 heteroatoms. The van der Waals surface area contributed by atoms with Gasteiger partial charge < -0.3 is 20.2 Å². The number of aliphatic hydroxyl groups is 1. The van der Waals surface area contributed by atoms with Gasteiger partial charge in [0.1, 0.15) is 5.75 Å². The molecule has 0 fully saturated rings. The van der Waals surface area contributed by atoms with Gasteiger partial charge in [-0.1, -0.05) is 30.3 Å². The second kappa shape index (κ2) is 14.7. The predicted molar refractivity (Wildman–Crippen MR) is 150 cm³/mol. The Kier molecular flexibility index (Phi) is 12.1. The van der Waals surface area contributed by atoms with Gasteiger partial charge in [-0.15, -0.1) is 0 Å². The summed E-state index contributed by atoms with van der Waals surface area (Å²) in [4.78, 5) is 7.54. The largest absolute Gasteiger partial charge is 0.497 e. The van der Waals surface area contributed by atoms with Crippen molar-refractivity contribution in [2.24, 2.45) is 0 Å². The maximum Gasteiger partial charge on any atom is 0.210 e. The number of fused-ring (bicyclic) bond motifs is 1. The van der Waals surface area contributed by atoms with Crippen LogP contribution in [0.4, 0.5) is 5.69 Å². The molecule has 1 aliphatic heterocycles. The Morgan fingerprint density at radius 1 is 1.05 bits per heavy atom. The van der Waals surface area contributed by atoms with Crippen LogP contribution in [0.5, 0.6) is 5.75 Å². The van der Waals surface area contributed by atoms with Gasteiger partial charge in [-0.05, 0) is 79.9 Å². The van der Waals surface area contributed by atoms with E-state index < -0.39 is 5.90 Å². The maximum absolute atomic E-state index is 8.81. The number of methoxy groups -OCH3 is 1. The first-order valence-electron chi connectivity index (χ1n) is 11.8. The van der Waals surface area contributed by atoms with Crippen molar-refractivity contribution in [1.82, 2.24) is 0 Å². The minimum Gasteiger partial charge on any atom is -0.497 e. The fourth-order valence-electron chi connectivity index (χ4n) is 4.51. The normalized spacial score (nSPS) is 16.6. The molecule has 3 N–H and O–H groups in total. The van der Waals surface area contributed by atoms with Crippen LogP contribution in [-0.4, -0.2) is 38.0 Å². The molecule has 1 unspecified atom stereocenters. The van der Waals surface area contributed by atoms with Gasteiger partial charge >= 0.3 is 0 Å². The van der Waals surface area contributed by atoms with Gasteiger partial charge in [-0.2, -0.15) is 4.33 Å². The number of aliphatic hydroxyl groups excluding tert-OH is 1. The summed E-state index contributed by atoms with van der Waals surface area (Å²) in [5, 5.41) is 23.4. The number of benzene rings is 3. The molecule has 1 radical (unpaired) electrons. The molecule has 0 bridgehead atoms. The van der Waals surface area contributed by atoms with Crippen LogP contribution >= 0.6 is 12.0 Å². The Hall–Kier alpha value is -3.08. The van der Waals surface area contributed by atoms with Crippen molar-refractivity contribution in [1.29, 1.82) is 10.8 Å². The van der Waals surface area contributed by atoms with E-state index in [0.717, 1.165) is 35.7 Å². The molecule has 3 aromatic rings. The fourth-order valence-corrected chi connectivity index (χ4v) is 4.90. The zero-order chi connectivity index (χ0) is 26.8. The number of ether oxygens (including phenoxy) is 1.